The largest absolute Gasteiger partial charge is 0.354 e. The first-order chi connectivity index (χ1) is 6.11. The van der Waals surface area contributed by atoms with E-state index in [0.717, 1.165) is 19.5 Å². The van der Waals surface area contributed by atoms with Crippen LogP contribution in [0.2, 0.25) is 0 Å². The number of hydrogen-bond acceptors (Lipinski definition) is 2. The Balaban J connectivity index is 2.44. The van der Waals surface area contributed by atoms with Gasteiger partial charge in [-0.05, 0) is 32.7 Å². The molecule has 3 nitrogen and oxygen atoms in total. The van der Waals surface area contributed by atoms with E-state index in [9.17, 15) is 4.79 Å². The van der Waals surface area contributed by atoms with Gasteiger partial charge in [0.25, 0.3) is 0 Å². The molecule has 1 heterocycles. The van der Waals surface area contributed by atoms with Crippen LogP contribution < -0.4 is 10.6 Å². The van der Waals surface area contributed by atoms with Gasteiger partial charge < -0.3 is 10.6 Å². The summed E-state index contributed by atoms with van der Waals surface area (Å²) in [6, 6.07) is 0.252. The van der Waals surface area contributed by atoms with Crippen LogP contribution in [0.4, 0.5) is 0 Å². The number of nitrogens with one attached hydrogen (secondary N) is 2. The van der Waals surface area contributed by atoms with Crippen LogP contribution in [0.1, 0.15) is 27.2 Å². The first kappa shape index (κ1) is 10.5. The van der Waals surface area contributed by atoms with Gasteiger partial charge in [-0.25, -0.2) is 0 Å². The van der Waals surface area contributed by atoms with E-state index in [1.165, 1.54) is 0 Å². The van der Waals surface area contributed by atoms with Gasteiger partial charge in [0, 0.05) is 12.6 Å². The van der Waals surface area contributed by atoms with Gasteiger partial charge in [0.15, 0.2) is 0 Å². The molecule has 0 aromatic rings. The first-order valence-electron chi connectivity index (χ1n) is 5.12. The molecule has 1 amide bonds. The van der Waals surface area contributed by atoms with Crippen LogP contribution in [0.5, 0.6) is 0 Å². The minimum absolute atomic E-state index is 0.163. The summed E-state index contributed by atoms with van der Waals surface area (Å²) in [5.74, 6) is 0.880. The number of carbonyl (C=O) groups is 1. The highest BCUT2D eigenvalue weighted by Gasteiger charge is 2.27. The summed E-state index contributed by atoms with van der Waals surface area (Å²) in [6.07, 6.45) is 1.11. The molecule has 2 unspecified atom stereocenters. The fourth-order valence-corrected chi connectivity index (χ4v) is 1.73. The van der Waals surface area contributed by atoms with Gasteiger partial charge in [-0.2, -0.15) is 0 Å². The summed E-state index contributed by atoms with van der Waals surface area (Å²) in [6.45, 7) is 8.04. The fourth-order valence-electron chi connectivity index (χ4n) is 1.73. The third-order valence-corrected chi connectivity index (χ3v) is 2.60. The summed E-state index contributed by atoms with van der Waals surface area (Å²) < 4.78 is 0. The summed E-state index contributed by atoms with van der Waals surface area (Å²) in [5.41, 5.74) is 0. The van der Waals surface area contributed by atoms with Gasteiger partial charge in [-0.15, -0.1) is 0 Å². The van der Waals surface area contributed by atoms with Crippen molar-refractivity contribution in [3.63, 3.8) is 0 Å². The minimum Gasteiger partial charge on any atom is -0.354 e. The lowest BCUT2D eigenvalue weighted by molar-refractivity contribution is -0.127. The molecule has 0 aromatic carbocycles. The van der Waals surface area contributed by atoms with Crippen molar-refractivity contribution in [3.8, 4) is 0 Å². The number of amides is 1. The Morgan fingerprint density at radius 2 is 2.23 bits per heavy atom. The zero-order chi connectivity index (χ0) is 9.84. The van der Waals surface area contributed by atoms with Gasteiger partial charge >= 0.3 is 0 Å². The van der Waals surface area contributed by atoms with Crippen LogP contribution >= 0.6 is 0 Å². The molecule has 2 N–H and O–H groups in total. The van der Waals surface area contributed by atoms with Crippen molar-refractivity contribution in [3.05, 3.63) is 0 Å². The van der Waals surface area contributed by atoms with Crippen molar-refractivity contribution in [1.82, 2.24) is 10.6 Å². The minimum atomic E-state index is 0.163. The van der Waals surface area contributed by atoms with Gasteiger partial charge in [-0.1, -0.05) is 6.92 Å². The van der Waals surface area contributed by atoms with Crippen LogP contribution in [0.15, 0.2) is 0 Å². The molecule has 0 aliphatic carbocycles. The summed E-state index contributed by atoms with van der Waals surface area (Å²) in [7, 11) is 0. The molecule has 1 saturated heterocycles. The fraction of sp³-hybridized carbons (Fsp3) is 0.900. The Hall–Kier alpha value is -0.570. The van der Waals surface area contributed by atoms with Crippen molar-refractivity contribution >= 4 is 5.91 Å². The molecule has 1 fully saturated rings. The summed E-state index contributed by atoms with van der Waals surface area (Å²) in [5, 5.41) is 6.22. The van der Waals surface area contributed by atoms with Crippen molar-refractivity contribution in [2.24, 2.45) is 11.8 Å². The standard InChI is InChI=1S/C10H20N2O/c1-7(2)12-10(13)9-6-11-5-4-8(9)3/h7-9,11H,4-6H2,1-3H3,(H,12,13). The maximum absolute atomic E-state index is 11.7. The van der Waals surface area contributed by atoms with Crippen LogP contribution in [0.3, 0.4) is 0 Å². The molecule has 0 saturated carbocycles. The molecule has 0 spiro atoms. The van der Waals surface area contributed by atoms with Gasteiger partial charge in [0.05, 0.1) is 5.92 Å². The molecule has 76 valence electrons. The topological polar surface area (TPSA) is 41.1 Å². The number of piperidine rings is 1. The Kier molecular flexibility index (Phi) is 3.72. The quantitative estimate of drug-likeness (QED) is 0.665. The average molecular weight is 184 g/mol. The Morgan fingerprint density at radius 1 is 1.54 bits per heavy atom. The van der Waals surface area contributed by atoms with Crippen molar-refractivity contribution < 1.29 is 4.79 Å². The molecule has 13 heavy (non-hydrogen) atoms. The normalized spacial score (nSPS) is 28.9. The summed E-state index contributed by atoms with van der Waals surface area (Å²) in [4.78, 5) is 11.7. The lowest BCUT2D eigenvalue weighted by Gasteiger charge is -2.29. The van der Waals surface area contributed by atoms with E-state index in [1.807, 2.05) is 13.8 Å². The zero-order valence-corrected chi connectivity index (χ0v) is 8.76. The second-order valence-electron chi connectivity index (χ2n) is 4.24. The van der Waals surface area contributed by atoms with Crippen LogP contribution in [-0.4, -0.2) is 25.0 Å². The number of hydrogen-bond donors (Lipinski definition) is 2. The Morgan fingerprint density at radius 3 is 2.77 bits per heavy atom. The molecule has 0 bridgehead atoms. The van der Waals surface area contributed by atoms with E-state index in [2.05, 4.69) is 17.6 Å². The van der Waals surface area contributed by atoms with Crippen molar-refractivity contribution in [1.29, 1.82) is 0 Å². The second-order valence-corrected chi connectivity index (χ2v) is 4.24. The van der Waals surface area contributed by atoms with E-state index in [4.69, 9.17) is 0 Å². The van der Waals surface area contributed by atoms with Crippen LogP contribution in [0.25, 0.3) is 0 Å². The van der Waals surface area contributed by atoms with Gasteiger partial charge in [0.1, 0.15) is 0 Å². The maximum Gasteiger partial charge on any atom is 0.224 e. The number of rotatable bonds is 2. The molecule has 2 atom stereocenters. The third kappa shape index (κ3) is 2.99. The molecule has 1 aliphatic rings. The highest BCUT2D eigenvalue weighted by molar-refractivity contribution is 5.79. The van der Waals surface area contributed by atoms with E-state index in [-0.39, 0.29) is 17.9 Å². The van der Waals surface area contributed by atoms with E-state index in [1.54, 1.807) is 0 Å². The highest BCUT2D eigenvalue weighted by atomic mass is 16.2. The van der Waals surface area contributed by atoms with Crippen LogP contribution in [0, 0.1) is 11.8 Å². The lowest BCUT2D eigenvalue weighted by atomic mass is 9.87. The average Bonchev–Trinajstić information content (AvgIpc) is 2.03. The van der Waals surface area contributed by atoms with Gasteiger partial charge in [0.2, 0.25) is 5.91 Å². The molecule has 0 radical (unpaired) electrons. The molecule has 1 aliphatic heterocycles. The predicted octanol–water partition coefficient (Wildman–Crippen LogP) is 0.757. The van der Waals surface area contributed by atoms with E-state index < -0.39 is 0 Å². The lowest BCUT2D eigenvalue weighted by Crippen LogP contribution is -2.46. The van der Waals surface area contributed by atoms with Crippen molar-refractivity contribution in [2.75, 3.05) is 13.1 Å². The number of carbonyl (C=O) groups excluding carboxylic acids is 1. The molecule has 1 rings (SSSR count). The SMILES string of the molecule is CC(C)NC(=O)C1CNCCC1C. The smallest absolute Gasteiger partial charge is 0.224 e. The maximum atomic E-state index is 11.7. The molecule has 0 aromatic heterocycles. The van der Waals surface area contributed by atoms with Gasteiger partial charge in [-0.3, -0.25) is 4.79 Å². The van der Waals surface area contributed by atoms with E-state index in [0.29, 0.717) is 5.92 Å². The molecular weight excluding hydrogens is 164 g/mol. The predicted molar refractivity (Wildman–Crippen MR) is 53.4 cm³/mol. The summed E-state index contributed by atoms with van der Waals surface area (Å²) >= 11 is 0. The van der Waals surface area contributed by atoms with Crippen LogP contribution in [-0.2, 0) is 4.79 Å². The Labute approximate surface area is 80.3 Å². The molecule has 3 heteroatoms. The first-order valence-corrected chi connectivity index (χ1v) is 5.12. The zero-order valence-electron chi connectivity index (χ0n) is 8.76. The second kappa shape index (κ2) is 4.61. The third-order valence-electron chi connectivity index (χ3n) is 2.60. The van der Waals surface area contributed by atoms with Crippen molar-refractivity contribution in [2.45, 2.75) is 33.2 Å². The Bertz CT molecular complexity index is 180. The van der Waals surface area contributed by atoms with E-state index >= 15 is 0 Å². The molecular formula is C10H20N2O. The monoisotopic (exact) mass is 184 g/mol. The highest BCUT2D eigenvalue weighted by Crippen LogP contribution is 2.18.